The molecule has 0 spiro atoms. The first-order chi connectivity index (χ1) is 8.31. The average Bonchev–Trinajstić information content (AvgIpc) is 2.29. The average molecular weight is 278 g/mol. The molecule has 0 amide bonds. The van der Waals surface area contributed by atoms with Crippen LogP contribution in [0.1, 0.15) is 24.5 Å². The van der Waals surface area contributed by atoms with E-state index < -0.39 is 23.1 Å². The summed E-state index contributed by atoms with van der Waals surface area (Å²) in [7, 11) is 0. The maximum absolute atomic E-state index is 13.4. The van der Waals surface area contributed by atoms with Crippen molar-refractivity contribution in [2.24, 2.45) is 0 Å². The quantitative estimate of drug-likeness (QED) is 0.566. The summed E-state index contributed by atoms with van der Waals surface area (Å²) in [6, 6.07) is 3.65. The van der Waals surface area contributed by atoms with Crippen molar-refractivity contribution in [2.75, 3.05) is 0 Å². The summed E-state index contributed by atoms with van der Waals surface area (Å²) in [5, 5.41) is 8.45. The third-order valence-electron chi connectivity index (χ3n) is 2.28. The van der Waals surface area contributed by atoms with Gasteiger partial charge >= 0.3 is 6.18 Å². The lowest BCUT2D eigenvalue weighted by Crippen LogP contribution is -2.06. The van der Waals surface area contributed by atoms with Crippen molar-refractivity contribution in [1.29, 1.82) is 5.26 Å². The van der Waals surface area contributed by atoms with Gasteiger partial charge in [0.25, 0.3) is 0 Å². The summed E-state index contributed by atoms with van der Waals surface area (Å²) in [6.45, 7) is 1.60. The standard InChI is InChI=1S/C12H8ClF4N/c1-2-7(6-18)11(13)9-5-8(12(15,16)17)3-4-10(9)14/h3-5H,2H2,1H3. The van der Waals surface area contributed by atoms with E-state index in [0.29, 0.717) is 18.2 Å². The fourth-order valence-corrected chi connectivity index (χ4v) is 1.64. The maximum Gasteiger partial charge on any atom is 0.416 e. The van der Waals surface area contributed by atoms with Crippen LogP contribution in [0.25, 0.3) is 5.03 Å². The Morgan fingerprint density at radius 2 is 2.00 bits per heavy atom. The zero-order valence-electron chi connectivity index (χ0n) is 9.28. The highest BCUT2D eigenvalue weighted by Crippen LogP contribution is 2.34. The topological polar surface area (TPSA) is 23.8 Å². The molecule has 0 bridgehead atoms. The minimum Gasteiger partial charge on any atom is -0.206 e. The minimum absolute atomic E-state index is 0.0369. The second-order valence-electron chi connectivity index (χ2n) is 3.45. The summed E-state index contributed by atoms with van der Waals surface area (Å²) < 4.78 is 50.9. The highest BCUT2D eigenvalue weighted by molar-refractivity contribution is 6.49. The van der Waals surface area contributed by atoms with Gasteiger partial charge in [0.15, 0.2) is 0 Å². The molecule has 1 aromatic carbocycles. The summed E-state index contributed by atoms with van der Waals surface area (Å²) in [5.74, 6) is -0.894. The minimum atomic E-state index is -4.58. The predicted molar refractivity (Wildman–Crippen MR) is 60.1 cm³/mol. The second-order valence-corrected chi connectivity index (χ2v) is 3.83. The van der Waals surface area contributed by atoms with Gasteiger partial charge in [-0.25, -0.2) is 4.39 Å². The van der Waals surface area contributed by atoms with Crippen LogP contribution in [-0.4, -0.2) is 0 Å². The Hall–Kier alpha value is -1.54. The smallest absolute Gasteiger partial charge is 0.206 e. The molecular weight excluding hydrogens is 270 g/mol. The molecule has 18 heavy (non-hydrogen) atoms. The monoisotopic (exact) mass is 277 g/mol. The summed E-state index contributed by atoms with van der Waals surface area (Å²) in [5.41, 5.74) is -1.38. The van der Waals surface area contributed by atoms with Crippen molar-refractivity contribution >= 4 is 16.6 Å². The Labute approximate surface area is 106 Å². The molecule has 0 aliphatic carbocycles. The highest BCUT2D eigenvalue weighted by atomic mass is 35.5. The number of allylic oxidation sites excluding steroid dienone is 1. The molecule has 0 saturated carbocycles. The highest BCUT2D eigenvalue weighted by Gasteiger charge is 2.31. The lowest BCUT2D eigenvalue weighted by Gasteiger charge is -2.10. The summed E-state index contributed by atoms with van der Waals surface area (Å²) in [4.78, 5) is 0. The van der Waals surface area contributed by atoms with E-state index in [4.69, 9.17) is 16.9 Å². The van der Waals surface area contributed by atoms with Gasteiger partial charge in [0.2, 0.25) is 0 Å². The molecule has 0 aliphatic rings. The number of hydrogen-bond donors (Lipinski definition) is 0. The van der Waals surface area contributed by atoms with E-state index in [9.17, 15) is 17.6 Å². The van der Waals surface area contributed by atoms with Gasteiger partial charge < -0.3 is 0 Å². The van der Waals surface area contributed by atoms with E-state index in [1.165, 1.54) is 0 Å². The van der Waals surface area contributed by atoms with Crippen molar-refractivity contribution in [3.63, 3.8) is 0 Å². The summed E-state index contributed by atoms with van der Waals surface area (Å²) >= 11 is 5.75. The van der Waals surface area contributed by atoms with Crippen LogP contribution in [-0.2, 0) is 6.18 Å². The number of nitriles is 1. The van der Waals surface area contributed by atoms with Gasteiger partial charge in [0, 0.05) is 11.1 Å². The van der Waals surface area contributed by atoms with E-state index in [-0.39, 0.29) is 17.0 Å². The van der Waals surface area contributed by atoms with Gasteiger partial charge in [-0.2, -0.15) is 18.4 Å². The molecule has 1 rings (SSSR count). The van der Waals surface area contributed by atoms with Crippen molar-refractivity contribution in [1.82, 2.24) is 0 Å². The van der Waals surface area contributed by atoms with Crippen LogP contribution in [0.15, 0.2) is 23.8 Å². The van der Waals surface area contributed by atoms with Crippen LogP contribution in [0, 0.1) is 17.1 Å². The molecule has 0 radical (unpaired) electrons. The molecule has 0 aliphatic heterocycles. The first kappa shape index (κ1) is 14.5. The molecular formula is C12H8ClF4N. The van der Waals surface area contributed by atoms with Gasteiger partial charge in [-0.3, -0.25) is 0 Å². The first-order valence-electron chi connectivity index (χ1n) is 4.97. The molecule has 0 atom stereocenters. The normalized spacial score (nSPS) is 12.9. The van der Waals surface area contributed by atoms with Crippen LogP contribution in [0.2, 0.25) is 0 Å². The first-order valence-corrected chi connectivity index (χ1v) is 5.35. The van der Waals surface area contributed by atoms with Gasteiger partial charge in [0.05, 0.1) is 16.7 Å². The predicted octanol–water partition coefficient (Wildman–Crippen LogP) is 4.73. The van der Waals surface area contributed by atoms with Crippen molar-refractivity contribution in [2.45, 2.75) is 19.5 Å². The molecule has 0 aromatic heterocycles. The van der Waals surface area contributed by atoms with Crippen LogP contribution in [0.5, 0.6) is 0 Å². The molecule has 0 fully saturated rings. The molecule has 0 N–H and O–H groups in total. The fraction of sp³-hybridized carbons (Fsp3) is 0.250. The molecule has 1 nitrogen and oxygen atoms in total. The Morgan fingerprint density at radius 1 is 1.39 bits per heavy atom. The fourth-order valence-electron chi connectivity index (χ4n) is 1.32. The summed E-state index contributed by atoms with van der Waals surface area (Å²) in [6.07, 6.45) is -4.37. The third-order valence-corrected chi connectivity index (χ3v) is 2.72. The Morgan fingerprint density at radius 3 is 2.44 bits per heavy atom. The SMILES string of the molecule is CCC(C#N)=C(Cl)c1cc(C(F)(F)F)ccc1F. The lowest BCUT2D eigenvalue weighted by molar-refractivity contribution is -0.137. The van der Waals surface area contributed by atoms with Crippen LogP contribution >= 0.6 is 11.6 Å². The number of halogens is 5. The maximum atomic E-state index is 13.4. The van der Waals surface area contributed by atoms with Crippen molar-refractivity contribution in [3.05, 3.63) is 40.7 Å². The van der Waals surface area contributed by atoms with Gasteiger partial charge in [-0.1, -0.05) is 18.5 Å². The van der Waals surface area contributed by atoms with E-state index in [1.54, 1.807) is 13.0 Å². The van der Waals surface area contributed by atoms with E-state index in [2.05, 4.69) is 0 Å². The molecule has 0 unspecified atom stereocenters. The molecule has 6 heteroatoms. The van der Waals surface area contributed by atoms with Gasteiger partial charge in [-0.05, 0) is 24.6 Å². The number of rotatable bonds is 2. The molecule has 0 heterocycles. The van der Waals surface area contributed by atoms with Crippen molar-refractivity contribution in [3.8, 4) is 6.07 Å². The van der Waals surface area contributed by atoms with E-state index in [1.807, 2.05) is 0 Å². The number of nitrogens with zero attached hydrogens (tertiary/aromatic N) is 1. The Kier molecular flexibility index (Phi) is 4.36. The Bertz CT molecular complexity index is 526. The number of alkyl halides is 3. The largest absolute Gasteiger partial charge is 0.416 e. The van der Waals surface area contributed by atoms with Crippen LogP contribution in [0.4, 0.5) is 17.6 Å². The van der Waals surface area contributed by atoms with E-state index >= 15 is 0 Å². The molecule has 96 valence electrons. The van der Waals surface area contributed by atoms with Crippen LogP contribution in [0.3, 0.4) is 0 Å². The number of hydrogen-bond acceptors (Lipinski definition) is 1. The zero-order chi connectivity index (χ0) is 13.9. The third kappa shape index (κ3) is 3.02. The lowest BCUT2D eigenvalue weighted by atomic mass is 10.1. The zero-order valence-corrected chi connectivity index (χ0v) is 10.0. The molecule has 0 saturated heterocycles. The Balaban J connectivity index is 3.43. The second kappa shape index (κ2) is 5.40. The van der Waals surface area contributed by atoms with Gasteiger partial charge in [-0.15, -0.1) is 0 Å². The van der Waals surface area contributed by atoms with Crippen molar-refractivity contribution < 1.29 is 17.6 Å². The number of benzene rings is 1. The molecule has 1 aromatic rings. The van der Waals surface area contributed by atoms with E-state index in [0.717, 1.165) is 0 Å². The van der Waals surface area contributed by atoms with Crippen LogP contribution < -0.4 is 0 Å². The van der Waals surface area contributed by atoms with Gasteiger partial charge in [0.1, 0.15) is 5.82 Å².